The Kier molecular flexibility index (Phi) is 5.68. The molecule has 2 heterocycles. The summed E-state index contributed by atoms with van der Waals surface area (Å²) < 4.78 is 41.7. The van der Waals surface area contributed by atoms with Crippen molar-refractivity contribution in [2.24, 2.45) is 5.41 Å². The van der Waals surface area contributed by atoms with Gasteiger partial charge in [0.15, 0.2) is 0 Å². The largest absolute Gasteiger partial charge is 0.573 e. The fourth-order valence-corrected chi connectivity index (χ4v) is 5.22. The van der Waals surface area contributed by atoms with Crippen LogP contribution in [0, 0.1) is 5.41 Å². The van der Waals surface area contributed by atoms with E-state index in [1.807, 2.05) is 32.2 Å². The summed E-state index contributed by atoms with van der Waals surface area (Å²) in [5.41, 5.74) is 0.574. The van der Waals surface area contributed by atoms with Crippen LogP contribution in [-0.4, -0.2) is 49.6 Å². The van der Waals surface area contributed by atoms with Crippen LogP contribution in [0.2, 0.25) is 0 Å². The summed E-state index contributed by atoms with van der Waals surface area (Å²) in [5, 5.41) is 12.2. The third-order valence-corrected chi connectivity index (χ3v) is 6.60. The van der Waals surface area contributed by atoms with Gasteiger partial charge in [-0.1, -0.05) is 31.2 Å². The molecule has 0 amide bonds. The minimum absolute atomic E-state index is 0.295. The van der Waals surface area contributed by atoms with Gasteiger partial charge in [0.1, 0.15) is 11.4 Å². The molecule has 4 nitrogen and oxygen atoms in total. The number of nitrogens with zero attached hydrogens (tertiary/aromatic N) is 2. The second-order valence-electron chi connectivity index (χ2n) is 9.11. The Balaban J connectivity index is 1.73. The standard InChI is InChI=1S/C24H29F3N2O2/c1-22(16-28(2)17-22)23(30,18-9-11-21(12-10-18)31-24(25,26)27)19-7-6-8-20(15-19)29-13-4-3-5-14-29/h6-12,15,30H,3-5,13-14,16-17H2,1-2H3. The Morgan fingerprint density at radius 1 is 0.935 bits per heavy atom. The lowest BCUT2D eigenvalue weighted by atomic mass is 9.62. The molecule has 4 rings (SSSR count). The Labute approximate surface area is 181 Å². The fourth-order valence-electron chi connectivity index (χ4n) is 5.22. The number of piperidine rings is 1. The lowest BCUT2D eigenvalue weighted by molar-refractivity contribution is -0.274. The highest BCUT2D eigenvalue weighted by molar-refractivity contribution is 5.53. The van der Waals surface area contributed by atoms with Gasteiger partial charge < -0.3 is 19.6 Å². The van der Waals surface area contributed by atoms with E-state index in [1.54, 1.807) is 0 Å². The van der Waals surface area contributed by atoms with Crippen LogP contribution in [0.5, 0.6) is 5.75 Å². The molecule has 31 heavy (non-hydrogen) atoms. The van der Waals surface area contributed by atoms with Gasteiger partial charge >= 0.3 is 6.36 Å². The van der Waals surface area contributed by atoms with Gasteiger partial charge in [-0.2, -0.15) is 0 Å². The van der Waals surface area contributed by atoms with Crippen LogP contribution in [0.1, 0.15) is 37.3 Å². The highest BCUT2D eigenvalue weighted by Crippen LogP contribution is 2.50. The number of hydrogen-bond donors (Lipinski definition) is 1. The Morgan fingerprint density at radius 3 is 2.16 bits per heavy atom. The molecule has 7 heteroatoms. The molecule has 2 aromatic rings. The average Bonchev–Trinajstić information content (AvgIpc) is 2.72. The van der Waals surface area contributed by atoms with E-state index in [-0.39, 0.29) is 5.75 Å². The van der Waals surface area contributed by atoms with Crippen molar-refractivity contribution in [3.05, 3.63) is 59.7 Å². The van der Waals surface area contributed by atoms with E-state index < -0.39 is 17.4 Å². The molecule has 168 valence electrons. The van der Waals surface area contributed by atoms with Crippen molar-refractivity contribution in [2.75, 3.05) is 38.1 Å². The highest BCUT2D eigenvalue weighted by Gasteiger charge is 2.55. The molecule has 1 unspecified atom stereocenters. The van der Waals surface area contributed by atoms with Crippen LogP contribution in [0.25, 0.3) is 0 Å². The molecule has 0 saturated carbocycles. The van der Waals surface area contributed by atoms with E-state index >= 15 is 0 Å². The van der Waals surface area contributed by atoms with Crippen molar-refractivity contribution >= 4 is 5.69 Å². The molecule has 0 radical (unpaired) electrons. The fraction of sp³-hybridized carbons (Fsp3) is 0.500. The molecular weight excluding hydrogens is 405 g/mol. The summed E-state index contributed by atoms with van der Waals surface area (Å²) in [7, 11) is 1.99. The van der Waals surface area contributed by atoms with Gasteiger partial charge in [-0.3, -0.25) is 0 Å². The number of aliphatic hydroxyl groups is 1. The van der Waals surface area contributed by atoms with Gasteiger partial charge in [-0.15, -0.1) is 13.2 Å². The van der Waals surface area contributed by atoms with E-state index in [9.17, 15) is 18.3 Å². The Hall–Kier alpha value is -2.25. The maximum atomic E-state index is 12.6. The first-order chi connectivity index (χ1) is 14.6. The Bertz CT molecular complexity index is 904. The average molecular weight is 435 g/mol. The zero-order valence-corrected chi connectivity index (χ0v) is 18.0. The van der Waals surface area contributed by atoms with Crippen molar-refractivity contribution in [1.82, 2.24) is 4.90 Å². The number of alkyl halides is 3. The number of anilines is 1. The first-order valence-corrected chi connectivity index (χ1v) is 10.7. The van der Waals surface area contributed by atoms with Crippen LogP contribution in [0.3, 0.4) is 0 Å². The first kappa shape index (κ1) is 22.0. The van der Waals surface area contributed by atoms with Gasteiger partial charge in [0.2, 0.25) is 0 Å². The maximum absolute atomic E-state index is 12.6. The van der Waals surface area contributed by atoms with Crippen molar-refractivity contribution in [3.8, 4) is 5.75 Å². The third kappa shape index (κ3) is 4.26. The number of ether oxygens (including phenoxy) is 1. The second kappa shape index (κ2) is 8.02. The molecule has 2 saturated heterocycles. The monoisotopic (exact) mass is 434 g/mol. The highest BCUT2D eigenvalue weighted by atomic mass is 19.4. The molecule has 0 aliphatic carbocycles. The molecular formula is C24H29F3N2O2. The van der Waals surface area contributed by atoms with Crippen LogP contribution >= 0.6 is 0 Å². The van der Waals surface area contributed by atoms with Crippen LogP contribution in [-0.2, 0) is 5.60 Å². The van der Waals surface area contributed by atoms with Crippen molar-refractivity contribution in [2.45, 2.75) is 38.1 Å². The number of hydrogen-bond acceptors (Lipinski definition) is 4. The molecule has 1 N–H and O–H groups in total. The quantitative estimate of drug-likeness (QED) is 0.736. The molecule has 0 aromatic heterocycles. The molecule has 2 fully saturated rings. The lowest BCUT2D eigenvalue weighted by Gasteiger charge is -2.56. The van der Waals surface area contributed by atoms with Crippen LogP contribution in [0.4, 0.5) is 18.9 Å². The molecule has 2 aromatic carbocycles. The minimum atomic E-state index is -4.75. The van der Waals surface area contributed by atoms with Crippen molar-refractivity contribution < 1.29 is 23.0 Å². The number of halogens is 3. The van der Waals surface area contributed by atoms with E-state index in [1.165, 1.54) is 30.7 Å². The minimum Gasteiger partial charge on any atom is -0.406 e. The molecule has 0 bridgehead atoms. The number of rotatable bonds is 5. The number of likely N-dealkylation sites (tertiary alicyclic amines) is 1. The topological polar surface area (TPSA) is 35.9 Å². The van der Waals surface area contributed by atoms with Gasteiger partial charge in [0, 0.05) is 37.3 Å². The van der Waals surface area contributed by atoms with Crippen molar-refractivity contribution in [1.29, 1.82) is 0 Å². The third-order valence-electron chi connectivity index (χ3n) is 6.60. The molecule has 2 aliphatic rings. The van der Waals surface area contributed by atoms with Gasteiger partial charge in [-0.25, -0.2) is 0 Å². The van der Waals surface area contributed by atoms with E-state index in [2.05, 4.69) is 20.6 Å². The molecule has 0 spiro atoms. The first-order valence-electron chi connectivity index (χ1n) is 10.7. The summed E-state index contributed by atoms with van der Waals surface area (Å²) >= 11 is 0. The van der Waals surface area contributed by atoms with Crippen molar-refractivity contribution in [3.63, 3.8) is 0 Å². The summed E-state index contributed by atoms with van der Waals surface area (Å²) in [6.07, 6.45) is -1.21. The summed E-state index contributed by atoms with van der Waals surface area (Å²) in [6.45, 7) is 5.37. The zero-order valence-electron chi connectivity index (χ0n) is 18.0. The predicted molar refractivity (Wildman–Crippen MR) is 114 cm³/mol. The summed E-state index contributed by atoms with van der Waals surface area (Å²) in [5.74, 6) is -0.295. The summed E-state index contributed by atoms with van der Waals surface area (Å²) in [6, 6.07) is 13.6. The van der Waals surface area contributed by atoms with E-state index in [0.717, 1.165) is 37.2 Å². The predicted octanol–water partition coefficient (Wildman–Crippen LogP) is 4.76. The maximum Gasteiger partial charge on any atom is 0.573 e. The smallest absolute Gasteiger partial charge is 0.406 e. The summed E-state index contributed by atoms with van der Waals surface area (Å²) in [4.78, 5) is 4.46. The lowest BCUT2D eigenvalue weighted by Crippen LogP contribution is -2.63. The Morgan fingerprint density at radius 2 is 1.58 bits per heavy atom. The second-order valence-corrected chi connectivity index (χ2v) is 9.11. The van der Waals surface area contributed by atoms with Crippen LogP contribution in [0.15, 0.2) is 48.5 Å². The van der Waals surface area contributed by atoms with Crippen LogP contribution < -0.4 is 9.64 Å². The number of benzene rings is 2. The molecule has 1 atom stereocenters. The van der Waals surface area contributed by atoms with Gasteiger partial charge in [0.25, 0.3) is 0 Å². The zero-order chi connectivity index (χ0) is 22.3. The SMILES string of the molecule is CN1CC(C)(C(O)(c2ccc(OC(F)(F)F)cc2)c2cccc(N3CCCCC3)c2)C1. The molecule has 2 aliphatic heterocycles. The van der Waals surface area contributed by atoms with Gasteiger partial charge in [0.05, 0.1) is 0 Å². The van der Waals surface area contributed by atoms with E-state index in [4.69, 9.17) is 0 Å². The van der Waals surface area contributed by atoms with E-state index in [0.29, 0.717) is 18.7 Å². The van der Waals surface area contributed by atoms with Gasteiger partial charge in [-0.05, 0) is 61.7 Å². The normalized spacial score (nSPS) is 21.3.